The SMILES string of the molecule is O=c1nc2ccccc2c2n1CC(c1ccccc1)CN2. The maximum Gasteiger partial charge on any atom is 0.349 e. The topological polar surface area (TPSA) is 46.9 Å². The van der Waals surface area contributed by atoms with E-state index in [1.165, 1.54) is 5.56 Å². The highest BCUT2D eigenvalue weighted by Gasteiger charge is 2.22. The largest absolute Gasteiger partial charge is 0.370 e. The lowest BCUT2D eigenvalue weighted by molar-refractivity contribution is 0.530. The molecule has 0 fully saturated rings. The lowest BCUT2D eigenvalue weighted by atomic mass is 9.97. The molecule has 21 heavy (non-hydrogen) atoms. The van der Waals surface area contributed by atoms with Crippen LogP contribution in [0.2, 0.25) is 0 Å². The molecule has 1 unspecified atom stereocenters. The normalized spacial score (nSPS) is 17.2. The van der Waals surface area contributed by atoms with E-state index in [4.69, 9.17) is 0 Å². The smallest absolute Gasteiger partial charge is 0.349 e. The molecule has 1 atom stereocenters. The van der Waals surface area contributed by atoms with Crippen molar-refractivity contribution in [3.05, 3.63) is 70.6 Å². The van der Waals surface area contributed by atoms with Crippen LogP contribution in [0.1, 0.15) is 11.5 Å². The van der Waals surface area contributed by atoms with Crippen LogP contribution in [-0.4, -0.2) is 16.1 Å². The number of hydrogen-bond donors (Lipinski definition) is 1. The first-order chi connectivity index (χ1) is 10.3. The minimum Gasteiger partial charge on any atom is -0.370 e. The van der Waals surface area contributed by atoms with E-state index in [1.807, 2.05) is 42.5 Å². The van der Waals surface area contributed by atoms with Crippen molar-refractivity contribution in [2.45, 2.75) is 12.5 Å². The lowest BCUT2D eigenvalue weighted by Crippen LogP contribution is -2.35. The van der Waals surface area contributed by atoms with Crippen LogP contribution in [-0.2, 0) is 6.54 Å². The van der Waals surface area contributed by atoms with Gasteiger partial charge in [0.1, 0.15) is 5.82 Å². The summed E-state index contributed by atoms with van der Waals surface area (Å²) in [4.78, 5) is 16.5. The Hall–Kier alpha value is -2.62. The summed E-state index contributed by atoms with van der Waals surface area (Å²) in [6.45, 7) is 1.50. The second-order valence-electron chi connectivity index (χ2n) is 5.36. The standard InChI is InChI=1S/C17H15N3O/c21-17-19-15-9-5-4-8-14(15)16-18-10-13(11-20(16)17)12-6-2-1-3-7-12/h1-9,13,18H,10-11H2. The zero-order chi connectivity index (χ0) is 14.2. The highest BCUT2D eigenvalue weighted by atomic mass is 16.1. The summed E-state index contributed by atoms with van der Waals surface area (Å²) >= 11 is 0. The lowest BCUT2D eigenvalue weighted by Gasteiger charge is -2.28. The Labute approximate surface area is 122 Å². The van der Waals surface area contributed by atoms with Crippen LogP contribution < -0.4 is 11.0 Å². The number of nitrogens with one attached hydrogen (secondary N) is 1. The third-order valence-corrected chi connectivity index (χ3v) is 4.07. The van der Waals surface area contributed by atoms with Gasteiger partial charge in [0.15, 0.2) is 0 Å². The van der Waals surface area contributed by atoms with Crippen molar-refractivity contribution >= 4 is 16.7 Å². The van der Waals surface area contributed by atoms with E-state index in [9.17, 15) is 4.79 Å². The van der Waals surface area contributed by atoms with Gasteiger partial charge in [0.25, 0.3) is 0 Å². The zero-order valence-corrected chi connectivity index (χ0v) is 11.5. The molecule has 1 aliphatic heterocycles. The highest BCUT2D eigenvalue weighted by Crippen LogP contribution is 2.28. The molecule has 2 aromatic carbocycles. The van der Waals surface area contributed by atoms with Crippen molar-refractivity contribution in [1.82, 2.24) is 9.55 Å². The predicted octanol–water partition coefficient (Wildman–Crippen LogP) is 2.61. The summed E-state index contributed by atoms with van der Waals surface area (Å²) < 4.78 is 1.75. The van der Waals surface area contributed by atoms with Gasteiger partial charge >= 0.3 is 5.69 Å². The third kappa shape index (κ3) is 2.00. The van der Waals surface area contributed by atoms with Crippen molar-refractivity contribution in [2.24, 2.45) is 0 Å². The second-order valence-corrected chi connectivity index (χ2v) is 5.36. The fourth-order valence-electron chi connectivity index (χ4n) is 2.99. The molecule has 1 aliphatic rings. The molecule has 0 saturated carbocycles. The molecule has 4 nitrogen and oxygen atoms in total. The number of para-hydroxylation sites is 1. The fourth-order valence-corrected chi connectivity index (χ4v) is 2.99. The maximum atomic E-state index is 12.3. The molecular weight excluding hydrogens is 262 g/mol. The van der Waals surface area contributed by atoms with Crippen molar-refractivity contribution < 1.29 is 0 Å². The third-order valence-electron chi connectivity index (χ3n) is 4.07. The first-order valence-corrected chi connectivity index (χ1v) is 7.11. The molecule has 0 radical (unpaired) electrons. The number of anilines is 1. The maximum absolute atomic E-state index is 12.3. The second kappa shape index (κ2) is 4.74. The van der Waals surface area contributed by atoms with E-state index in [2.05, 4.69) is 22.4 Å². The minimum absolute atomic E-state index is 0.183. The predicted molar refractivity (Wildman–Crippen MR) is 83.7 cm³/mol. The molecule has 0 amide bonds. The fraction of sp³-hybridized carbons (Fsp3) is 0.176. The molecular formula is C17H15N3O. The zero-order valence-electron chi connectivity index (χ0n) is 11.5. The Balaban J connectivity index is 1.83. The van der Waals surface area contributed by atoms with Crippen molar-refractivity contribution in [3.8, 4) is 0 Å². The van der Waals surface area contributed by atoms with Gasteiger partial charge in [0, 0.05) is 24.4 Å². The summed E-state index contributed by atoms with van der Waals surface area (Å²) in [5.41, 5.74) is 1.81. The Morgan fingerprint density at radius 1 is 1.05 bits per heavy atom. The van der Waals surface area contributed by atoms with E-state index in [0.29, 0.717) is 12.5 Å². The van der Waals surface area contributed by atoms with Crippen molar-refractivity contribution in [1.29, 1.82) is 0 Å². The minimum atomic E-state index is -0.183. The van der Waals surface area contributed by atoms with Crippen LogP contribution in [0, 0.1) is 0 Å². The molecule has 1 N–H and O–H groups in total. The molecule has 3 aromatic rings. The summed E-state index contributed by atoms with van der Waals surface area (Å²) in [6, 6.07) is 18.1. The van der Waals surface area contributed by atoms with E-state index in [-0.39, 0.29) is 5.69 Å². The van der Waals surface area contributed by atoms with Gasteiger partial charge in [0.05, 0.1) is 5.52 Å². The summed E-state index contributed by atoms with van der Waals surface area (Å²) in [7, 11) is 0. The average molecular weight is 277 g/mol. The van der Waals surface area contributed by atoms with Gasteiger partial charge in [-0.2, -0.15) is 4.98 Å². The number of fused-ring (bicyclic) bond motifs is 3. The number of rotatable bonds is 1. The number of benzene rings is 2. The van der Waals surface area contributed by atoms with Crippen molar-refractivity contribution in [3.63, 3.8) is 0 Å². The Morgan fingerprint density at radius 2 is 1.81 bits per heavy atom. The molecule has 0 spiro atoms. The number of hydrogen-bond acceptors (Lipinski definition) is 3. The number of nitrogens with zero attached hydrogens (tertiary/aromatic N) is 2. The molecule has 0 bridgehead atoms. The summed E-state index contributed by atoms with van der Waals surface area (Å²) in [6.07, 6.45) is 0. The van der Waals surface area contributed by atoms with Gasteiger partial charge in [-0.25, -0.2) is 4.79 Å². The van der Waals surface area contributed by atoms with Crippen LogP contribution in [0.3, 0.4) is 0 Å². The Kier molecular flexibility index (Phi) is 2.74. The van der Waals surface area contributed by atoms with E-state index < -0.39 is 0 Å². The van der Waals surface area contributed by atoms with Gasteiger partial charge in [-0.05, 0) is 17.7 Å². The van der Waals surface area contributed by atoms with E-state index in [0.717, 1.165) is 23.3 Å². The van der Waals surface area contributed by atoms with E-state index >= 15 is 0 Å². The average Bonchev–Trinajstić information content (AvgIpc) is 2.55. The summed E-state index contributed by atoms with van der Waals surface area (Å²) in [5.74, 6) is 1.18. The monoisotopic (exact) mass is 277 g/mol. The van der Waals surface area contributed by atoms with Gasteiger partial charge in [0.2, 0.25) is 0 Å². The molecule has 4 heteroatoms. The number of aromatic nitrogens is 2. The summed E-state index contributed by atoms with van der Waals surface area (Å²) in [5, 5.41) is 4.42. The quantitative estimate of drug-likeness (QED) is 0.743. The van der Waals surface area contributed by atoms with Crippen LogP contribution in [0.25, 0.3) is 10.9 Å². The Morgan fingerprint density at radius 3 is 2.67 bits per heavy atom. The van der Waals surface area contributed by atoms with Crippen molar-refractivity contribution in [2.75, 3.05) is 11.9 Å². The molecule has 2 heterocycles. The van der Waals surface area contributed by atoms with Crippen LogP contribution in [0.15, 0.2) is 59.4 Å². The molecule has 4 rings (SSSR count). The molecule has 0 saturated heterocycles. The van der Waals surface area contributed by atoms with Crippen LogP contribution in [0.4, 0.5) is 5.82 Å². The highest BCUT2D eigenvalue weighted by molar-refractivity contribution is 5.89. The first-order valence-electron chi connectivity index (χ1n) is 7.11. The molecule has 1 aromatic heterocycles. The van der Waals surface area contributed by atoms with Crippen LogP contribution in [0.5, 0.6) is 0 Å². The van der Waals surface area contributed by atoms with E-state index in [1.54, 1.807) is 4.57 Å². The van der Waals surface area contributed by atoms with Gasteiger partial charge < -0.3 is 5.32 Å². The molecule has 104 valence electrons. The first kappa shape index (κ1) is 12.1. The molecule has 0 aliphatic carbocycles. The Bertz CT molecular complexity index is 855. The van der Waals surface area contributed by atoms with Crippen LogP contribution >= 0.6 is 0 Å². The van der Waals surface area contributed by atoms with Gasteiger partial charge in [-0.3, -0.25) is 4.57 Å². The van der Waals surface area contributed by atoms with Gasteiger partial charge in [-0.15, -0.1) is 0 Å². The van der Waals surface area contributed by atoms with Gasteiger partial charge in [-0.1, -0.05) is 42.5 Å².